The maximum absolute atomic E-state index is 12.4. The fraction of sp³-hybridized carbons (Fsp3) is 0.250. The van der Waals surface area contributed by atoms with E-state index in [9.17, 15) is 4.79 Å². The summed E-state index contributed by atoms with van der Waals surface area (Å²) in [6.07, 6.45) is 4.87. The van der Waals surface area contributed by atoms with Crippen molar-refractivity contribution in [2.75, 3.05) is 11.4 Å². The molecule has 0 bridgehead atoms. The summed E-state index contributed by atoms with van der Waals surface area (Å²) in [6, 6.07) is 12.2. The normalized spacial score (nSPS) is 13.4. The average Bonchev–Trinajstić information content (AvgIpc) is 2.85. The van der Waals surface area contributed by atoms with Gasteiger partial charge in [0.2, 0.25) is 6.54 Å². The predicted octanol–water partition coefficient (Wildman–Crippen LogP) is 1.87. The van der Waals surface area contributed by atoms with Crippen molar-refractivity contribution in [3.8, 4) is 0 Å². The molecule has 1 amide bonds. The van der Waals surface area contributed by atoms with E-state index in [1.807, 2.05) is 59.1 Å². The second-order valence-corrected chi connectivity index (χ2v) is 4.97. The summed E-state index contributed by atoms with van der Waals surface area (Å²) >= 11 is 0. The van der Waals surface area contributed by atoms with E-state index in [1.54, 1.807) is 0 Å². The van der Waals surface area contributed by atoms with E-state index < -0.39 is 0 Å². The molecule has 0 N–H and O–H groups in total. The van der Waals surface area contributed by atoms with E-state index in [0.717, 1.165) is 18.7 Å². The van der Waals surface area contributed by atoms with Crippen LogP contribution in [0.5, 0.6) is 0 Å². The first-order valence-corrected chi connectivity index (χ1v) is 6.58. The molecule has 0 fully saturated rings. The zero-order valence-corrected chi connectivity index (χ0v) is 11.0. The van der Waals surface area contributed by atoms with Gasteiger partial charge >= 0.3 is 0 Å². The SMILES string of the molecule is Cc1cc[n+](CC(=O)N2CCc3ccccc32)cc1. The predicted molar refractivity (Wildman–Crippen MR) is 73.9 cm³/mol. The minimum Gasteiger partial charge on any atom is -0.306 e. The fourth-order valence-electron chi connectivity index (χ4n) is 2.48. The van der Waals surface area contributed by atoms with Crippen molar-refractivity contribution in [3.05, 3.63) is 59.9 Å². The highest BCUT2D eigenvalue weighted by atomic mass is 16.2. The van der Waals surface area contributed by atoms with Crippen molar-refractivity contribution < 1.29 is 9.36 Å². The maximum atomic E-state index is 12.4. The molecule has 96 valence electrons. The number of anilines is 1. The van der Waals surface area contributed by atoms with Gasteiger partial charge in [-0.15, -0.1) is 0 Å². The first-order chi connectivity index (χ1) is 9.24. The van der Waals surface area contributed by atoms with E-state index in [4.69, 9.17) is 0 Å². The summed E-state index contributed by atoms with van der Waals surface area (Å²) in [7, 11) is 0. The molecular formula is C16H17N2O+. The molecule has 0 saturated heterocycles. The number of aromatic nitrogens is 1. The van der Waals surface area contributed by atoms with Gasteiger partial charge in [0.25, 0.3) is 5.91 Å². The molecule has 0 unspecified atom stereocenters. The fourth-order valence-corrected chi connectivity index (χ4v) is 2.48. The number of aryl methyl sites for hydroxylation is 1. The molecule has 0 saturated carbocycles. The Morgan fingerprint density at radius 3 is 2.74 bits per heavy atom. The standard InChI is InChI=1S/C16H17N2O/c1-13-6-9-17(10-7-13)12-16(19)18-11-8-14-4-2-3-5-15(14)18/h2-7,9-10H,8,11-12H2,1H3/q+1. The highest BCUT2D eigenvalue weighted by molar-refractivity contribution is 5.94. The van der Waals surface area contributed by atoms with Crippen molar-refractivity contribution in [2.24, 2.45) is 0 Å². The van der Waals surface area contributed by atoms with Gasteiger partial charge in [0.05, 0.1) is 0 Å². The highest BCUT2D eigenvalue weighted by Gasteiger charge is 2.26. The molecule has 2 heterocycles. The third kappa shape index (κ3) is 2.36. The van der Waals surface area contributed by atoms with E-state index in [2.05, 4.69) is 6.07 Å². The average molecular weight is 253 g/mol. The first kappa shape index (κ1) is 11.9. The summed E-state index contributed by atoms with van der Waals surface area (Å²) in [4.78, 5) is 14.3. The van der Waals surface area contributed by atoms with Crippen molar-refractivity contribution >= 4 is 11.6 Å². The largest absolute Gasteiger partial charge is 0.306 e. The zero-order valence-electron chi connectivity index (χ0n) is 11.0. The van der Waals surface area contributed by atoms with Gasteiger partial charge in [-0.1, -0.05) is 18.2 Å². The third-order valence-electron chi connectivity index (χ3n) is 3.56. The van der Waals surface area contributed by atoms with Gasteiger partial charge in [-0.3, -0.25) is 4.79 Å². The number of pyridine rings is 1. The van der Waals surface area contributed by atoms with Gasteiger partial charge in [-0.25, -0.2) is 0 Å². The van der Waals surface area contributed by atoms with Crippen molar-refractivity contribution in [2.45, 2.75) is 19.9 Å². The van der Waals surface area contributed by atoms with Crippen LogP contribution in [0, 0.1) is 6.92 Å². The summed E-state index contributed by atoms with van der Waals surface area (Å²) in [6.45, 7) is 3.24. The van der Waals surface area contributed by atoms with E-state index in [0.29, 0.717) is 6.54 Å². The Bertz CT molecular complexity index is 604. The summed E-state index contributed by atoms with van der Waals surface area (Å²) in [5.74, 6) is 0.152. The van der Waals surface area contributed by atoms with Crippen molar-refractivity contribution in [1.29, 1.82) is 0 Å². The van der Waals surface area contributed by atoms with Crippen LogP contribution in [0.25, 0.3) is 0 Å². The van der Waals surface area contributed by atoms with E-state index in [1.165, 1.54) is 11.1 Å². The van der Waals surface area contributed by atoms with Crippen molar-refractivity contribution in [1.82, 2.24) is 0 Å². The highest BCUT2D eigenvalue weighted by Crippen LogP contribution is 2.27. The monoisotopic (exact) mass is 253 g/mol. The molecule has 1 aromatic carbocycles. The van der Waals surface area contributed by atoms with Crippen molar-refractivity contribution in [3.63, 3.8) is 0 Å². The summed E-state index contributed by atoms with van der Waals surface area (Å²) < 4.78 is 1.93. The molecule has 0 atom stereocenters. The minimum absolute atomic E-state index is 0.152. The number of nitrogens with zero attached hydrogens (tertiary/aromatic N) is 2. The molecule has 3 nitrogen and oxygen atoms in total. The number of para-hydroxylation sites is 1. The van der Waals surface area contributed by atoms with Crippen LogP contribution in [0.15, 0.2) is 48.8 Å². The number of hydrogen-bond acceptors (Lipinski definition) is 1. The summed E-state index contributed by atoms with van der Waals surface area (Å²) in [5.41, 5.74) is 3.54. The van der Waals surface area contributed by atoms with Gasteiger partial charge < -0.3 is 4.90 Å². The Balaban J connectivity index is 1.77. The summed E-state index contributed by atoms with van der Waals surface area (Å²) in [5, 5.41) is 0. The third-order valence-corrected chi connectivity index (χ3v) is 3.56. The van der Waals surface area contributed by atoms with Crippen LogP contribution in [-0.2, 0) is 17.8 Å². The minimum atomic E-state index is 0.152. The number of benzene rings is 1. The molecule has 1 aromatic heterocycles. The quantitative estimate of drug-likeness (QED) is 0.750. The molecular weight excluding hydrogens is 236 g/mol. The molecule has 1 aliphatic heterocycles. The van der Waals surface area contributed by atoms with Gasteiger partial charge in [-0.05, 0) is 30.5 Å². The van der Waals surface area contributed by atoms with Gasteiger partial charge in [-0.2, -0.15) is 4.57 Å². The number of fused-ring (bicyclic) bond motifs is 1. The number of carbonyl (C=O) groups excluding carboxylic acids is 1. The molecule has 3 rings (SSSR count). The molecule has 3 heteroatoms. The second kappa shape index (κ2) is 4.84. The smallest absolute Gasteiger partial charge is 0.292 e. The Morgan fingerprint density at radius 2 is 1.95 bits per heavy atom. The van der Waals surface area contributed by atoms with Crippen LogP contribution in [0.2, 0.25) is 0 Å². The lowest BCUT2D eigenvalue weighted by molar-refractivity contribution is -0.684. The van der Waals surface area contributed by atoms with Crippen LogP contribution < -0.4 is 9.47 Å². The second-order valence-electron chi connectivity index (χ2n) is 4.97. The van der Waals surface area contributed by atoms with Crippen LogP contribution in [0.3, 0.4) is 0 Å². The molecule has 0 spiro atoms. The number of amides is 1. The van der Waals surface area contributed by atoms with Crippen LogP contribution >= 0.6 is 0 Å². The van der Waals surface area contributed by atoms with Crippen LogP contribution in [0.1, 0.15) is 11.1 Å². The Kier molecular flexibility index (Phi) is 3.03. The Labute approximate surface area is 113 Å². The lowest BCUT2D eigenvalue weighted by atomic mass is 10.2. The van der Waals surface area contributed by atoms with Gasteiger partial charge in [0.1, 0.15) is 0 Å². The molecule has 2 aromatic rings. The van der Waals surface area contributed by atoms with Crippen LogP contribution in [0.4, 0.5) is 5.69 Å². The Morgan fingerprint density at radius 1 is 1.21 bits per heavy atom. The van der Waals surface area contributed by atoms with E-state index >= 15 is 0 Å². The number of carbonyl (C=O) groups is 1. The van der Waals surface area contributed by atoms with Gasteiger partial charge in [0.15, 0.2) is 12.4 Å². The topological polar surface area (TPSA) is 24.2 Å². The first-order valence-electron chi connectivity index (χ1n) is 6.58. The molecule has 1 aliphatic rings. The molecule has 19 heavy (non-hydrogen) atoms. The van der Waals surface area contributed by atoms with E-state index in [-0.39, 0.29) is 5.91 Å². The lowest BCUT2D eigenvalue weighted by Gasteiger charge is -2.15. The lowest BCUT2D eigenvalue weighted by Crippen LogP contribution is -2.44. The Hall–Kier alpha value is -2.16. The molecule has 0 radical (unpaired) electrons. The number of rotatable bonds is 2. The molecule has 0 aliphatic carbocycles. The maximum Gasteiger partial charge on any atom is 0.292 e. The zero-order chi connectivity index (χ0) is 13.2. The van der Waals surface area contributed by atoms with Crippen LogP contribution in [-0.4, -0.2) is 12.5 Å². The number of hydrogen-bond donors (Lipinski definition) is 0. The van der Waals surface area contributed by atoms with Gasteiger partial charge in [0, 0.05) is 24.4 Å².